The van der Waals surface area contributed by atoms with Crippen molar-refractivity contribution in [3.8, 4) is 0 Å². The molecule has 0 radical (unpaired) electrons. The number of rotatable bonds is 1. The predicted molar refractivity (Wildman–Crippen MR) is 57.9 cm³/mol. The lowest BCUT2D eigenvalue weighted by molar-refractivity contribution is 0.530. The van der Waals surface area contributed by atoms with Crippen molar-refractivity contribution in [3.63, 3.8) is 0 Å². The summed E-state index contributed by atoms with van der Waals surface area (Å²) in [5, 5.41) is 0. The number of nitrogens with zero attached hydrogens (tertiary/aromatic N) is 1. The Kier molecular flexibility index (Phi) is 2.09. The monoisotopic (exact) mass is 187 g/mol. The fourth-order valence-corrected chi connectivity index (χ4v) is 1.56. The van der Waals surface area contributed by atoms with E-state index in [0.29, 0.717) is 12.2 Å². The molecule has 1 unspecified atom stereocenters. The molecule has 1 aromatic rings. The van der Waals surface area contributed by atoms with E-state index in [1.54, 1.807) is 12.3 Å². The minimum atomic E-state index is -0.629. The van der Waals surface area contributed by atoms with Crippen LogP contribution in [0.3, 0.4) is 0 Å². The van der Waals surface area contributed by atoms with E-state index in [1.807, 2.05) is 30.3 Å². The smallest absolute Gasteiger partial charge is 0.101 e. The Bertz CT molecular complexity index is 381. The first-order valence-electron chi connectivity index (χ1n) is 4.54. The lowest BCUT2D eigenvalue weighted by Crippen LogP contribution is -2.46. The standard InChI is InChI=1S/C11H13N3/c12-10-6-7-14-8-11(10,13)9-4-2-1-3-5-9/h1-7H,8,12-13H2. The van der Waals surface area contributed by atoms with Crippen molar-refractivity contribution in [2.75, 3.05) is 6.54 Å². The molecule has 0 aromatic heterocycles. The van der Waals surface area contributed by atoms with Crippen LogP contribution in [0.4, 0.5) is 0 Å². The summed E-state index contributed by atoms with van der Waals surface area (Å²) < 4.78 is 0. The molecule has 0 aliphatic carbocycles. The van der Waals surface area contributed by atoms with E-state index in [9.17, 15) is 0 Å². The molecule has 0 saturated heterocycles. The molecule has 0 bridgehead atoms. The second-order valence-electron chi connectivity index (χ2n) is 3.45. The minimum absolute atomic E-state index is 0.513. The molecule has 1 atom stereocenters. The summed E-state index contributed by atoms with van der Waals surface area (Å²) in [5.74, 6) is 0. The molecule has 1 aliphatic rings. The van der Waals surface area contributed by atoms with E-state index in [0.717, 1.165) is 5.56 Å². The summed E-state index contributed by atoms with van der Waals surface area (Å²) in [5.41, 5.74) is 13.1. The van der Waals surface area contributed by atoms with Gasteiger partial charge in [0.25, 0.3) is 0 Å². The zero-order chi connectivity index (χ0) is 10.0. The van der Waals surface area contributed by atoms with Crippen molar-refractivity contribution in [2.24, 2.45) is 16.5 Å². The van der Waals surface area contributed by atoms with Crippen LogP contribution in [-0.4, -0.2) is 12.8 Å². The molecule has 3 nitrogen and oxygen atoms in total. The summed E-state index contributed by atoms with van der Waals surface area (Å²) in [6, 6.07) is 9.81. The second-order valence-corrected chi connectivity index (χ2v) is 3.45. The Balaban J connectivity index is 2.43. The largest absolute Gasteiger partial charge is 0.400 e. The van der Waals surface area contributed by atoms with Gasteiger partial charge in [0.2, 0.25) is 0 Å². The van der Waals surface area contributed by atoms with Crippen molar-refractivity contribution in [1.29, 1.82) is 0 Å². The summed E-state index contributed by atoms with van der Waals surface area (Å²) in [6.45, 7) is 0.513. The molecule has 0 fully saturated rings. The Labute approximate surface area is 83.1 Å². The molecule has 2 rings (SSSR count). The molecule has 14 heavy (non-hydrogen) atoms. The maximum absolute atomic E-state index is 6.22. The van der Waals surface area contributed by atoms with E-state index in [1.165, 1.54) is 0 Å². The topological polar surface area (TPSA) is 64.4 Å². The normalized spacial score (nSPS) is 25.9. The number of hydrogen-bond acceptors (Lipinski definition) is 3. The van der Waals surface area contributed by atoms with Crippen molar-refractivity contribution >= 4 is 6.21 Å². The van der Waals surface area contributed by atoms with Crippen LogP contribution in [-0.2, 0) is 5.54 Å². The van der Waals surface area contributed by atoms with E-state index in [2.05, 4.69) is 4.99 Å². The zero-order valence-electron chi connectivity index (χ0n) is 7.85. The first-order valence-corrected chi connectivity index (χ1v) is 4.54. The van der Waals surface area contributed by atoms with Gasteiger partial charge in [0.05, 0.1) is 6.54 Å². The third kappa shape index (κ3) is 1.32. The zero-order valence-corrected chi connectivity index (χ0v) is 7.85. The molecule has 3 heteroatoms. The molecule has 1 aromatic carbocycles. The third-order valence-corrected chi connectivity index (χ3v) is 2.50. The molecule has 0 spiro atoms. The maximum Gasteiger partial charge on any atom is 0.101 e. The fraction of sp³-hybridized carbons (Fsp3) is 0.182. The average molecular weight is 187 g/mol. The number of allylic oxidation sites excluding steroid dienone is 1. The number of dihydropyridines is 1. The van der Waals surface area contributed by atoms with Crippen LogP contribution >= 0.6 is 0 Å². The number of benzene rings is 1. The Hall–Kier alpha value is -1.61. The van der Waals surface area contributed by atoms with E-state index < -0.39 is 5.54 Å². The molecular formula is C11H13N3. The molecule has 72 valence electrons. The number of hydrogen-bond donors (Lipinski definition) is 2. The van der Waals surface area contributed by atoms with Gasteiger partial charge in [0.15, 0.2) is 0 Å². The van der Waals surface area contributed by atoms with Crippen molar-refractivity contribution in [2.45, 2.75) is 5.54 Å². The predicted octanol–water partition coefficient (Wildman–Crippen LogP) is 0.768. The first kappa shape index (κ1) is 8.97. The fourth-order valence-electron chi connectivity index (χ4n) is 1.56. The van der Waals surface area contributed by atoms with Gasteiger partial charge in [0.1, 0.15) is 5.54 Å². The van der Waals surface area contributed by atoms with Gasteiger partial charge in [-0.05, 0) is 11.6 Å². The lowest BCUT2D eigenvalue weighted by atomic mass is 9.86. The molecule has 4 N–H and O–H groups in total. The van der Waals surface area contributed by atoms with Crippen LogP contribution in [0, 0.1) is 0 Å². The Morgan fingerprint density at radius 2 is 1.93 bits per heavy atom. The van der Waals surface area contributed by atoms with Gasteiger partial charge < -0.3 is 11.5 Å². The van der Waals surface area contributed by atoms with Crippen molar-refractivity contribution in [1.82, 2.24) is 0 Å². The molecule has 0 saturated carbocycles. The van der Waals surface area contributed by atoms with Crippen molar-refractivity contribution in [3.05, 3.63) is 47.7 Å². The number of nitrogens with two attached hydrogens (primary N) is 2. The quantitative estimate of drug-likeness (QED) is 0.682. The van der Waals surface area contributed by atoms with Gasteiger partial charge in [-0.1, -0.05) is 30.3 Å². The Morgan fingerprint density at radius 1 is 1.21 bits per heavy atom. The Morgan fingerprint density at radius 3 is 2.57 bits per heavy atom. The molecule has 0 amide bonds. The van der Waals surface area contributed by atoms with Crippen LogP contribution in [0.25, 0.3) is 0 Å². The summed E-state index contributed by atoms with van der Waals surface area (Å²) in [7, 11) is 0. The molecule has 1 aliphatic heterocycles. The summed E-state index contributed by atoms with van der Waals surface area (Å²) >= 11 is 0. The van der Waals surface area contributed by atoms with Crippen LogP contribution in [0.15, 0.2) is 47.1 Å². The first-order chi connectivity index (χ1) is 6.73. The van der Waals surface area contributed by atoms with Gasteiger partial charge in [-0.2, -0.15) is 0 Å². The van der Waals surface area contributed by atoms with Crippen LogP contribution < -0.4 is 11.5 Å². The van der Waals surface area contributed by atoms with Crippen LogP contribution in [0.1, 0.15) is 5.56 Å². The van der Waals surface area contributed by atoms with Gasteiger partial charge in [-0.15, -0.1) is 0 Å². The van der Waals surface area contributed by atoms with Crippen LogP contribution in [0.2, 0.25) is 0 Å². The lowest BCUT2D eigenvalue weighted by Gasteiger charge is -2.30. The molecular weight excluding hydrogens is 174 g/mol. The van der Waals surface area contributed by atoms with E-state index >= 15 is 0 Å². The summed E-state index contributed by atoms with van der Waals surface area (Å²) in [6.07, 6.45) is 3.46. The van der Waals surface area contributed by atoms with Gasteiger partial charge in [-0.3, -0.25) is 4.99 Å². The van der Waals surface area contributed by atoms with E-state index in [-0.39, 0.29) is 0 Å². The highest BCUT2D eigenvalue weighted by molar-refractivity contribution is 5.74. The SMILES string of the molecule is NC1=CC=NCC1(N)c1ccccc1. The van der Waals surface area contributed by atoms with Gasteiger partial charge in [-0.25, -0.2) is 0 Å². The van der Waals surface area contributed by atoms with Gasteiger partial charge in [0, 0.05) is 11.9 Å². The number of aliphatic imine (C=N–C) groups is 1. The van der Waals surface area contributed by atoms with Gasteiger partial charge >= 0.3 is 0 Å². The van der Waals surface area contributed by atoms with Crippen LogP contribution in [0.5, 0.6) is 0 Å². The highest BCUT2D eigenvalue weighted by Crippen LogP contribution is 2.25. The highest BCUT2D eigenvalue weighted by atomic mass is 14.9. The second kappa shape index (κ2) is 3.27. The average Bonchev–Trinajstić information content (AvgIpc) is 2.24. The van der Waals surface area contributed by atoms with Crippen molar-refractivity contribution < 1.29 is 0 Å². The minimum Gasteiger partial charge on any atom is -0.400 e. The summed E-state index contributed by atoms with van der Waals surface area (Å²) in [4.78, 5) is 4.15. The maximum atomic E-state index is 6.22. The third-order valence-electron chi connectivity index (χ3n) is 2.50. The van der Waals surface area contributed by atoms with E-state index in [4.69, 9.17) is 11.5 Å². The highest BCUT2D eigenvalue weighted by Gasteiger charge is 2.30. The molecule has 1 heterocycles.